The van der Waals surface area contributed by atoms with Crippen LogP contribution in [-0.2, 0) is 21.2 Å². The van der Waals surface area contributed by atoms with Crippen LogP contribution in [0.1, 0.15) is 23.1 Å². The second kappa shape index (κ2) is 8.99. The van der Waals surface area contributed by atoms with Crippen LogP contribution in [0.4, 0.5) is 5.69 Å². The van der Waals surface area contributed by atoms with Crippen molar-refractivity contribution in [1.29, 1.82) is 0 Å². The molecule has 0 spiro atoms. The number of pyridine rings is 1. The van der Waals surface area contributed by atoms with Crippen molar-refractivity contribution in [2.24, 2.45) is 0 Å². The summed E-state index contributed by atoms with van der Waals surface area (Å²) in [5.74, 6) is -0.0797. The third-order valence-corrected chi connectivity index (χ3v) is 5.69. The van der Waals surface area contributed by atoms with Crippen molar-refractivity contribution in [3.8, 4) is 0 Å². The highest BCUT2D eigenvalue weighted by Gasteiger charge is 2.22. The maximum absolute atomic E-state index is 12.5. The zero-order chi connectivity index (χ0) is 20.0. The first-order chi connectivity index (χ1) is 12.7. The second-order valence-electron chi connectivity index (χ2n) is 6.75. The molecule has 1 aromatic carbocycles. The largest absolute Gasteiger partial charge is 0.345 e. The topological polar surface area (TPSA) is 70.6 Å². The number of carbonyl (C=O) groups is 1. The van der Waals surface area contributed by atoms with Crippen LogP contribution in [0.5, 0.6) is 0 Å². The summed E-state index contributed by atoms with van der Waals surface area (Å²) >= 11 is 0. The van der Waals surface area contributed by atoms with E-state index < -0.39 is 10.0 Å². The number of hydrogen-bond donors (Lipinski definition) is 0. The Morgan fingerprint density at radius 3 is 2.19 bits per heavy atom. The number of sulfonamides is 1. The highest BCUT2D eigenvalue weighted by Crippen LogP contribution is 2.26. The molecule has 0 aliphatic heterocycles. The number of anilines is 1. The number of hydrogen-bond acceptors (Lipinski definition) is 4. The van der Waals surface area contributed by atoms with Crippen LogP contribution < -0.4 is 4.31 Å². The summed E-state index contributed by atoms with van der Waals surface area (Å²) in [5, 5.41) is 0. The standard InChI is InChI=1S/C20H27N3O3S/c1-16-6-5-7-17(2)20(16)23(27(4,25)26)15-11-19(24)22(3)14-10-18-8-12-21-13-9-18/h5-9,12-13H,10-11,14-15H2,1-4H3. The predicted molar refractivity (Wildman–Crippen MR) is 108 cm³/mol. The van der Waals surface area contributed by atoms with E-state index in [0.29, 0.717) is 12.2 Å². The van der Waals surface area contributed by atoms with Crippen molar-refractivity contribution in [3.63, 3.8) is 0 Å². The lowest BCUT2D eigenvalue weighted by atomic mass is 10.1. The molecule has 2 aromatic rings. The molecule has 0 unspecified atom stereocenters. The molecular formula is C20H27N3O3S. The van der Waals surface area contributed by atoms with E-state index in [9.17, 15) is 13.2 Å². The Bertz CT molecular complexity index is 862. The van der Waals surface area contributed by atoms with Crippen LogP contribution in [0, 0.1) is 13.8 Å². The monoisotopic (exact) mass is 389 g/mol. The van der Waals surface area contributed by atoms with Gasteiger partial charge in [0, 0.05) is 39.0 Å². The molecule has 2 rings (SSSR count). The van der Waals surface area contributed by atoms with Gasteiger partial charge in [0.1, 0.15) is 0 Å². The first-order valence-corrected chi connectivity index (χ1v) is 10.7. The van der Waals surface area contributed by atoms with E-state index in [1.165, 1.54) is 10.6 Å². The van der Waals surface area contributed by atoms with Crippen molar-refractivity contribution < 1.29 is 13.2 Å². The Kier molecular flexibility index (Phi) is 6.96. The summed E-state index contributed by atoms with van der Waals surface area (Å²) in [4.78, 5) is 18.1. The van der Waals surface area contributed by atoms with Crippen molar-refractivity contribution in [2.45, 2.75) is 26.7 Å². The summed E-state index contributed by atoms with van der Waals surface area (Å²) in [5.41, 5.74) is 3.52. The maximum atomic E-state index is 12.5. The van der Waals surface area contributed by atoms with Crippen molar-refractivity contribution in [1.82, 2.24) is 9.88 Å². The van der Waals surface area contributed by atoms with E-state index >= 15 is 0 Å². The van der Waals surface area contributed by atoms with Crippen LogP contribution in [0.3, 0.4) is 0 Å². The average molecular weight is 390 g/mol. The van der Waals surface area contributed by atoms with E-state index in [1.54, 1.807) is 24.3 Å². The summed E-state index contributed by atoms with van der Waals surface area (Å²) < 4.78 is 26.0. The van der Waals surface area contributed by atoms with Crippen LogP contribution in [0.15, 0.2) is 42.7 Å². The lowest BCUT2D eigenvalue weighted by molar-refractivity contribution is -0.129. The van der Waals surface area contributed by atoms with Crippen molar-refractivity contribution >= 4 is 21.6 Å². The van der Waals surface area contributed by atoms with Gasteiger partial charge in [-0.15, -0.1) is 0 Å². The summed E-state index contributed by atoms with van der Waals surface area (Å²) in [6, 6.07) is 9.49. The molecule has 0 fully saturated rings. The van der Waals surface area contributed by atoms with E-state index in [4.69, 9.17) is 0 Å². The summed E-state index contributed by atoms with van der Waals surface area (Å²) in [6.45, 7) is 4.46. The first-order valence-electron chi connectivity index (χ1n) is 8.87. The van der Waals surface area contributed by atoms with Crippen molar-refractivity contribution in [2.75, 3.05) is 30.7 Å². The van der Waals surface area contributed by atoms with Crippen molar-refractivity contribution in [3.05, 3.63) is 59.4 Å². The molecule has 0 atom stereocenters. The number of amides is 1. The zero-order valence-electron chi connectivity index (χ0n) is 16.3. The highest BCUT2D eigenvalue weighted by molar-refractivity contribution is 7.92. The smallest absolute Gasteiger partial charge is 0.232 e. The molecule has 0 aliphatic rings. The lowest BCUT2D eigenvalue weighted by Crippen LogP contribution is -2.36. The molecule has 27 heavy (non-hydrogen) atoms. The van der Waals surface area contributed by atoms with Gasteiger partial charge < -0.3 is 4.90 Å². The van der Waals surface area contributed by atoms with Crippen LogP contribution in [-0.4, -0.2) is 50.6 Å². The Balaban J connectivity index is 2.03. The molecule has 7 heteroatoms. The molecule has 0 aliphatic carbocycles. The fraction of sp³-hybridized carbons (Fsp3) is 0.400. The SMILES string of the molecule is Cc1cccc(C)c1N(CCC(=O)N(C)CCc1ccncc1)S(C)(=O)=O. The minimum absolute atomic E-state index is 0.0797. The Morgan fingerprint density at radius 1 is 1.04 bits per heavy atom. The molecule has 0 saturated carbocycles. The number of benzene rings is 1. The van der Waals surface area contributed by atoms with Gasteiger partial charge in [0.2, 0.25) is 15.9 Å². The van der Waals surface area contributed by atoms with Crippen LogP contribution >= 0.6 is 0 Å². The summed E-state index contributed by atoms with van der Waals surface area (Å²) in [7, 11) is -1.74. The second-order valence-corrected chi connectivity index (χ2v) is 8.65. The quantitative estimate of drug-likeness (QED) is 0.696. The molecule has 1 aromatic heterocycles. The van der Waals surface area contributed by atoms with Gasteiger partial charge in [-0.3, -0.25) is 14.1 Å². The van der Waals surface area contributed by atoms with Gasteiger partial charge in [-0.1, -0.05) is 18.2 Å². The number of rotatable bonds is 8. The molecule has 6 nitrogen and oxygen atoms in total. The maximum Gasteiger partial charge on any atom is 0.232 e. The minimum Gasteiger partial charge on any atom is -0.345 e. The minimum atomic E-state index is -3.48. The fourth-order valence-electron chi connectivity index (χ4n) is 3.00. The Hall–Kier alpha value is -2.41. The first kappa shape index (κ1) is 20.9. The third-order valence-electron chi connectivity index (χ3n) is 4.53. The number of para-hydroxylation sites is 1. The highest BCUT2D eigenvalue weighted by atomic mass is 32.2. The molecule has 0 radical (unpaired) electrons. The Morgan fingerprint density at radius 2 is 1.63 bits per heavy atom. The fourth-order valence-corrected chi connectivity index (χ4v) is 4.04. The van der Waals surface area contributed by atoms with Gasteiger partial charge in [0.15, 0.2) is 0 Å². The van der Waals surface area contributed by atoms with Gasteiger partial charge in [0.05, 0.1) is 11.9 Å². The van der Waals surface area contributed by atoms with Gasteiger partial charge >= 0.3 is 0 Å². The van der Waals surface area contributed by atoms with E-state index in [0.717, 1.165) is 23.1 Å². The molecule has 1 amide bonds. The predicted octanol–water partition coefficient (Wildman–Crippen LogP) is 2.56. The Labute approximate surface area is 161 Å². The number of carbonyl (C=O) groups excluding carboxylic acids is 1. The van der Waals surface area contributed by atoms with Crippen LogP contribution in [0.25, 0.3) is 0 Å². The van der Waals surface area contributed by atoms with Gasteiger partial charge in [-0.05, 0) is 49.1 Å². The molecule has 146 valence electrons. The molecule has 0 saturated heterocycles. The molecular weight excluding hydrogens is 362 g/mol. The molecule has 0 bridgehead atoms. The number of aryl methyl sites for hydroxylation is 2. The van der Waals surface area contributed by atoms with E-state index in [2.05, 4.69) is 4.98 Å². The average Bonchev–Trinajstić information content (AvgIpc) is 2.61. The normalized spacial score (nSPS) is 11.3. The van der Waals surface area contributed by atoms with Crippen LogP contribution in [0.2, 0.25) is 0 Å². The van der Waals surface area contributed by atoms with Gasteiger partial charge in [-0.2, -0.15) is 0 Å². The third kappa shape index (κ3) is 5.79. The van der Waals surface area contributed by atoms with Gasteiger partial charge in [0.25, 0.3) is 0 Å². The molecule has 0 N–H and O–H groups in total. The number of nitrogens with zero attached hydrogens (tertiary/aromatic N) is 3. The number of likely N-dealkylation sites (N-methyl/N-ethyl adjacent to an activating group) is 1. The summed E-state index contributed by atoms with van der Waals surface area (Å²) in [6.07, 6.45) is 5.50. The van der Waals surface area contributed by atoms with E-state index in [-0.39, 0.29) is 18.9 Å². The number of aromatic nitrogens is 1. The molecule has 1 heterocycles. The lowest BCUT2D eigenvalue weighted by Gasteiger charge is -2.26. The van der Waals surface area contributed by atoms with Gasteiger partial charge in [-0.25, -0.2) is 8.42 Å². The van der Waals surface area contributed by atoms with E-state index in [1.807, 2.05) is 44.2 Å². The zero-order valence-corrected chi connectivity index (χ0v) is 17.2.